The van der Waals surface area contributed by atoms with Gasteiger partial charge in [-0.25, -0.2) is 0 Å². The van der Waals surface area contributed by atoms with E-state index in [1.54, 1.807) is 5.32 Å². The van der Waals surface area contributed by atoms with Gasteiger partial charge in [0.25, 0.3) is 0 Å². The fraction of sp³-hybridized carbons (Fsp3) is 0.125. The summed E-state index contributed by atoms with van der Waals surface area (Å²) < 4.78 is 0. The zero-order valence-electron chi connectivity index (χ0n) is 8.19. The minimum absolute atomic E-state index is 0. The molecule has 1 heterocycles. The number of rotatable bonds is 2. The Kier molecular flexibility index (Phi) is 23.6. The Morgan fingerprint density at radius 3 is 2.13 bits per heavy atom. The number of imide groups is 1. The van der Waals surface area contributed by atoms with Crippen molar-refractivity contribution in [2.75, 3.05) is 0 Å². The molecule has 0 aliphatic carbocycles. The van der Waals surface area contributed by atoms with E-state index in [1.165, 1.54) is 18.8 Å². The van der Waals surface area contributed by atoms with Crippen LogP contribution in [0, 0.1) is 19.3 Å². The van der Waals surface area contributed by atoms with Crippen LogP contribution >= 0.6 is 0 Å². The second-order valence-corrected chi connectivity index (χ2v) is 1.68. The first-order valence-corrected chi connectivity index (χ1v) is 3.30. The Labute approximate surface area is 146 Å². The van der Waals surface area contributed by atoms with E-state index in [0.29, 0.717) is 0 Å². The maximum absolute atomic E-state index is 9.98. The van der Waals surface area contributed by atoms with Crippen molar-refractivity contribution in [3.63, 3.8) is 0 Å². The van der Waals surface area contributed by atoms with E-state index in [9.17, 15) is 9.59 Å². The summed E-state index contributed by atoms with van der Waals surface area (Å²) in [5, 5.41) is 1.79. The number of nitrogens with one attached hydrogen (secondary N) is 1. The van der Waals surface area contributed by atoms with Gasteiger partial charge in [0.1, 0.15) is 0 Å². The molecular weight excluding hydrogens is 393 g/mol. The average Bonchev–Trinajstić information content (AvgIpc) is 2.22. The van der Waals surface area contributed by atoms with Gasteiger partial charge < -0.3 is 31.8 Å². The van der Waals surface area contributed by atoms with Crippen LogP contribution in [0.15, 0.2) is 12.4 Å². The predicted molar refractivity (Wildman–Crippen MR) is 43.5 cm³/mol. The molecule has 1 rings (SSSR count). The van der Waals surface area contributed by atoms with E-state index in [-0.39, 0.29) is 78.9 Å². The van der Waals surface area contributed by atoms with E-state index in [0.717, 1.165) is 0 Å². The molecular formula is C8H7KN3O2W-3. The second-order valence-electron chi connectivity index (χ2n) is 1.68. The van der Waals surface area contributed by atoms with Gasteiger partial charge in [0.15, 0.2) is 0 Å². The standard InChI is InChI=1S/C4H2N2.C4H5NO2.K.W/c1-2-5-4-6-3-1;1-2-4(7)5-3-6;;/h1,4H;1-2H2,(H,5,6,7);;/q2*-2;+1;. The zero-order chi connectivity index (χ0) is 9.94. The normalized spacial score (nSPS) is 6.73. The van der Waals surface area contributed by atoms with E-state index >= 15 is 0 Å². The summed E-state index contributed by atoms with van der Waals surface area (Å²) in [6.45, 7) is 3.21. The fourth-order valence-corrected chi connectivity index (χ4v) is 0.318. The van der Waals surface area contributed by atoms with Gasteiger partial charge in [-0.15, -0.1) is 6.33 Å². The molecule has 7 heteroatoms. The van der Waals surface area contributed by atoms with Crippen molar-refractivity contribution in [3.05, 3.63) is 31.7 Å². The summed E-state index contributed by atoms with van der Waals surface area (Å²) >= 11 is 0. The van der Waals surface area contributed by atoms with Crippen LogP contribution in [0.5, 0.6) is 0 Å². The third kappa shape index (κ3) is 17.2. The van der Waals surface area contributed by atoms with Gasteiger partial charge in [-0.05, 0) is 0 Å². The Morgan fingerprint density at radius 1 is 1.47 bits per heavy atom. The van der Waals surface area contributed by atoms with Crippen LogP contribution in [0.1, 0.15) is 6.42 Å². The molecule has 0 spiro atoms. The number of hydrogen-bond donors (Lipinski definition) is 1. The predicted octanol–water partition coefficient (Wildman–Crippen LogP) is -3.53. The number of aromatic nitrogens is 2. The number of carbonyl (C=O) groups is 1. The molecule has 1 aromatic rings. The van der Waals surface area contributed by atoms with E-state index in [2.05, 4.69) is 29.3 Å². The SMILES string of the molecule is [CH2-]CC(=O)N[C-]=O.[K+].[W].[c-]1c[c-]ncn1. The number of carbonyl (C=O) groups excluding carboxylic acids is 2. The first-order chi connectivity index (χ1) is 6.31. The molecule has 0 aliphatic rings. The first kappa shape index (κ1) is 20.9. The zero-order valence-corrected chi connectivity index (χ0v) is 14.2. The van der Waals surface area contributed by atoms with Gasteiger partial charge in [0, 0.05) is 27.0 Å². The first-order valence-electron chi connectivity index (χ1n) is 3.30. The smallest absolute Gasteiger partial charge is 0.512 e. The molecule has 0 aromatic carbocycles. The van der Waals surface area contributed by atoms with Gasteiger partial charge in [0.05, 0.1) is 6.41 Å². The molecule has 1 aromatic heterocycles. The molecule has 0 fully saturated rings. The molecule has 0 unspecified atom stereocenters. The van der Waals surface area contributed by atoms with Crippen LogP contribution in [0.3, 0.4) is 0 Å². The van der Waals surface area contributed by atoms with Crippen LogP contribution in [-0.2, 0) is 30.7 Å². The number of hydrogen-bond acceptors (Lipinski definition) is 4. The van der Waals surface area contributed by atoms with Crippen molar-refractivity contribution in [1.82, 2.24) is 15.3 Å². The summed E-state index contributed by atoms with van der Waals surface area (Å²) in [6.07, 6.45) is 7.74. The average molecular weight is 400 g/mol. The van der Waals surface area contributed by atoms with Crippen molar-refractivity contribution in [2.24, 2.45) is 0 Å². The van der Waals surface area contributed by atoms with E-state index in [1.807, 2.05) is 0 Å². The third-order valence-corrected chi connectivity index (χ3v) is 0.811. The minimum Gasteiger partial charge on any atom is -0.512 e. The summed E-state index contributed by atoms with van der Waals surface area (Å²) in [6, 6.07) is 1.53. The summed E-state index contributed by atoms with van der Waals surface area (Å²) in [4.78, 5) is 26.3. The van der Waals surface area contributed by atoms with Crippen molar-refractivity contribution in [1.29, 1.82) is 0 Å². The van der Waals surface area contributed by atoms with Crippen molar-refractivity contribution in [2.45, 2.75) is 6.42 Å². The van der Waals surface area contributed by atoms with Gasteiger partial charge >= 0.3 is 51.4 Å². The van der Waals surface area contributed by atoms with Crippen LogP contribution in [0.2, 0.25) is 0 Å². The minimum atomic E-state index is -0.407. The number of amides is 2. The molecule has 0 atom stereocenters. The summed E-state index contributed by atoms with van der Waals surface area (Å²) in [5.74, 6) is -0.407. The largest absolute Gasteiger partial charge is 1.00 e. The van der Waals surface area contributed by atoms with E-state index in [4.69, 9.17) is 0 Å². The Balaban J connectivity index is -0.000000170. The van der Waals surface area contributed by atoms with Crippen LogP contribution in [0.4, 0.5) is 0 Å². The number of nitrogens with zero attached hydrogens (tertiary/aromatic N) is 2. The van der Waals surface area contributed by atoms with Crippen molar-refractivity contribution < 1.29 is 82.0 Å². The Bertz CT molecular complexity index is 222. The van der Waals surface area contributed by atoms with Gasteiger partial charge in [-0.3, -0.25) is 18.5 Å². The quantitative estimate of drug-likeness (QED) is 0.318. The maximum Gasteiger partial charge on any atom is 1.00 e. The van der Waals surface area contributed by atoms with Crippen molar-refractivity contribution >= 4 is 12.3 Å². The fourth-order valence-electron chi connectivity index (χ4n) is 0.318. The molecule has 15 heavy (non-hydrogen) atoms. The molecule has 0 radical (unpaired) electrons. The van der Waals surface area contributed by atoms with E-state index < -0.39 is 5.91 Å². The second kappa shape index (κ2) is 17.0. The van der Waals surface area contributed by atoms with Crippen LogP contribution < -0.4 is 56.7 Å². The van der Waals surface area contributed by atoms with Crippen molar-refractivity contribution in [3.8, 4) is 0 Å². The molecule has 2 amide bonds. The molecule has 0 saturated carbocycles. The Hall–Kier alpha value is 0.545. The topological polar surface area (TPSA) is 72.0 Å². The summed E-state index contributed by atoms with van der Waals surface area (Å²) in [7, 11) is 0. The molecule has 5 nitrogen and oxygen atoms in total. The molecule has 0 aliphatic heterocycles. The Morgan fingerprint density at radius 2 is 2.00 bits per heavy atom. The van der Waals surface area contributed by atoms with Gasteiger partial charge in [-0.1, -0.05) is 0 Å². The molecule has 76 valence electrons. The summed E-state index contributed by atoms with van der Waals surface area (Å²) in [5.41, 5.74) is 0. The molecule has 1 N–H and O–H groups in total. The van der Waals surface area contributed by atoms with Gasteiger partial charge in [-0.2, -0.15) is 6.42 Å². The van der Waals surface area contributed by atoms with Crippen LogP contribution in [0.25, 0.3) is 0 Å². The van der Waals surface area contributed by atoms with Crippen LogP contribution in [-0.4, -0.2) is 22.3 Å². The molecule has 0 saturated heterocycles. The monoisotopic (exact) mass is 400 g/mol. The maximum atomic E-state index is 9.98. The molecule has 0 bridgehead atoms. The third-order valence-electron chi connectivity index (χ3n) is 0.811. The van der Waals surface area contributed by atoms with Gasteiger partial charge in [0.2, 0.25) is 0 Å².